The van der Waals surface area contributed by atoms with Gasteiger partial charge in [-0.3, -0.25) is 0 Å². The Kier molecular flexibility index (Phi) is 5.85. The number of rotatable bonds is 6. The van der Waals surface area contributed by atoms with Crippen molar-refractivity contribution < 1.29 is 18.6 Å². The molecule has 4 atom stereocenters. The molecule has 34 heavy (non-hydrogen) atoms. The highest BCUT2D eigenvalue weighted by molar-refractivity contribution is 6.42. The number of anilines is 2. The lowest BCUT2D eigenvalue weighted by atomic mass is 9.69. The van der Waals surface area contributed by atoms with E-state index in [1.54, 1.807) is 0 Å². The van der Waals surface area contributed by atoms with Crippen molar-refractivity contribution >= 4 is 45.6 Å². The molecule has 178 valence electrons. The fourth-order valence-electron chi connectivity index (χ4n) is 4.92. The molecule has 7 nitrogen and oxygen atoms in total. The third-order valence-corrected chi connectivity index (χ3v) is 7.56. The first-order valence-electron chi connectivity index (χ1n) is 11.4. The molecule has 0 spiro atoms. The van der Waals surface area contributed by atoms with Crippen molar-refractivity contribution in [2.45, 2.75) is 25.0 Å². The smallest absolute Gasteiger partial charge is 0.166 e. The molecule has 2 bridgehead atoms. The summed E-state index contributed by atoms with van der Waals surface area (Å²) in [4.78, 5) is 8.76. The topological polar surface area (TPSA) is 77.5 Å². The first-order chi connectivity index (χ1) is 16.6. The summed E-state index contributed by atoms with van der Waals surface area (Å²) >= 11 is 11.9. The van der Waals surface area contributed by atoms with Crippen molar-refractivity contribution in [1.82, 2.24) is 15.3 Å². The monoisotopic (exact) mass is 504 g/mol. The van der Waals surface area contributed by atoms with E-state index in [1.807, 2.05) is 12.1 Å². The molecule has 0 unspecified atom stereocenters. The second-order valence-corrected chi connectivity index (χ2v) is 9.77. The minimum absolute atomic E-state index is 0.0351. The van der Waals surface area contributed by atoms with Gasteiger partial charge in [0, 0.05) is 42.8 Å². The van der Waals surface area contributed by atoms with Crippen LogP contribution in [0.3, 0.4) is 0 Å². The van der Waals surface area contributed by atoms with Crippen molar-refractivity contribution in [1.29, 1.82) is 0 Å². The van der Waals surface area contributed by atoms with Gasteiger partial charge in [-0.15, -0.1) is 0 Å². The first-order valence-corrected chi connectivity index (χ1v) is 12.1. The van der Waals surface area contributed by atoms with E-state index in [2.05, 4.69) is 20.6 Å². The number of halogens is 3. The summed E-state index contributed by atoms with van der Waals surface area (Å²) in [6, 6.07) is 6.79. The predicted octanol–water partition coefficient (Wildman–Crippen LogP) is 4.97. The average Bonchev–Trinajstić information content (AvgIpc) is 3.36. The minimum Gasteiger partial charge on any atom is -0.486 e. The van der Waals surface area contributed by atoms with Gasteiger partial charge < -0.3 is 24.8 Å². The predicted molar refractivity (Wildman–Crippen MR) is 128 cm³/mol. The molecule has 2 aromatic carbocycles. The molecule has 10 heteroatoms. The third-order valence-electron chi connectivity index (χ3n) is 6.78. The maximum absolute atomic E-state index is 14.7. The summed E-state index contributed by atoms with van der Waals surface area (Å²) in [6.07, 6.45) is 3.51. The first kappa shape index (κ1) is 22.1. The number of piperidine rings is 2. The highest BCUT2D eigenvalue weighted by Gasteiger charge is 2.46. The number of ether oxygens (including phenoxy) is 3. The van der Waals surface area contributed by atoms with Crippen LogP contribution < -0.4 is 20.1 Å². The zero-order valence-electron chi connectivity index (χ0n) is 18.2. The van der Waals surface area contributed by atoms with Crippen LogP contribution in [-0.4, -0.2) is 48.5 Å². The van der Waals surface area contributed by atoms with Gasteiger partial charge in [0.2, 0.25) is 0 Å². The zero-order chi connectivity index (χ0) is 23.2. The van der Waals surface area contributed by atoms with E-state index in [9.17, 15) is 4.39 Å². The van der Waals surface area contributed by atoms with E-state index in [4.69, 9.17) is 37.4 Å². The van der Waals surface area contributed by atoms with Crippen molar-refractivity contribution in [3.8, 4) is 11.5 Å². The number of nitrogens with one attached hydrogen (secondary N) is 2. The fourth-order valence-corrected chi connectivity index (χ4v) is 5.23. The lowest BCUT2D eigenvalue weighted by Crippen LogP contribution is -2.59. The Balaban J connectivity index is 1.38. The summed E-state index contributed by atoms with van der Waals surface area (Å²) in [5, 5.41) is 7.15. The van der Waals surface area contributed by atoms with Gasteiger partial charge >= 0.3 is 0 Å². The van der Waals surface area contributed by atoms with Crippen LogP contribution in [-0.2, 0) is 4.74 Å². The Hall–Kier alpha value is -2.39. The molecule has 3 aromatic rings. The molecule has 3 aliphatic rings. The molecule has 2 N–H and O–H groups in total. The highest BCUT2D eigenvalue weighted by Crippen LogP contribution is 2.44. The molecule has 1 saturated carbocycles. The molecule has 3 heterocycles. The fraction of sp³-hybridized carbons (Fsp3) is 0.417. The van der Waals surface area contributed by atoms with Crippen LogP contribution in [0.4, 0.5) is 15.9 Å². The number of fused-ring (bicyclic) bond motifs is 3. The second-order valence-electron chi connectivity index (χ2n) is 8.99. The SMILES string of the molecule is Fc1c(Nc2ncnc3cc(O[C@@H]4CCOC4)c(O[C@@H]4[C@@H]5CNC[C@H]4C5)cc23)ccc(Cl)c1Cl. The number of aromatic nitrogens is 2. The summed E-state index contributed by atoms with van der Waals surface area (Å²) in [5.41, 5.74) is 0.814. The molecular weight excluding hydrogens is 482 g/mol. The van der Waals surface area contributed by atoms with Gasteiger partial charge in [0.15, 0.2) is 17.3 Å². The molecule has 1 aromatic heterocycles. The van der Waals surface area contributed by atoms with Gasteiger partial charge in [0.1, 0.15) is 24.4 Å². The quantitative estimate of drug-likeness (QED) is 0.458. The van der Waals surface area contributed by atoms with E-state index in [-0.39, 0.29) is 27.9 Å². The Morgan fingerprint density at radius 1 is 1.09 bits per heavy atom. The molecule has 6 rings (SSSR count). The van der Waals surface area contributed by atoms with Gasteiger partial charge in [-0.25, -0.2) is 14.4 Å². The van der Waals surface area contributed by atoms with E-state index in [1.165, 1.54) is 24.9 Å². The molecule has 3 fully saturated rings. The van der Waals surface area contributed by atoms with Gasteiger partial charge in [0.05, 0.1) is 34.5 Å². The van der Waals surface area contributed by atoms with Gasteiger partial charge in [-0.2, -0.15) is 0 Å². The minimum atomic E-state index is -0.645. The Morgan fingerprint density at radius 2 is 1.91 bits per heavy atom. The molecule has 1 aliphatic carbocycles. The van der Waals surface area contributed by atoms with Crippen molar-refractivity contribution in [3.63, 3.8) is 0 Å². The van der Waals surface area contributed by atoms with Crippen molar-refractivity contribution in [3.05, 3.63) is 46.5 Å². The van der Waals surface area contributed by atoms with Crippen molar-refractivity contribution in [2.75, 3.05) is 31.6 Å². The van der Waals surface area contributed by atoms with Crippen LogP contribution in [0.5, 0.6) is 11.5 Å². The van der Waals surface area contributed by atoms with E-state index < -0.39 is 5.82 Å². The van der Waals surface area contributed by atoms with Crippen LogP contribution in [0.25, 0.3) is 10.9 Å². The molecule has 0 radical (unpaired) electrons. The largest absolute Gasteiger partial charge is 0.486 e. The highest BCUT2D eigenvalue weighted by atomic mass is 35.5. The molecular formula is C24H23Cl2FN4O3. The van der Waals surface area contributed by atoms with Gasteiger partial charge in [-0.1, -0.05) is 23.2 Å². The summed E-state index contributed by atoms with van der Waals surface area (Å²) < 4.78 is 33.0. The standard InChI is InChI=1S/C24H23Cl2FN4O3/c25-16-1-2-17(22(27)21(16)26)31-24-15-6-19(34-23-12-5-13(23)9-28-8-12)20(7-18(15)29-11-30-24)33-14-3-4-32-10-14/h1-2,6-7,11-14,23,28H,3-5,8-10H2,(H,29,30,31)/t12-,13+,14-,23+/m1/s1. The van der Waals surface area contributed by atoms with E-state index in [0.29, 0.717) is 53.3 Å². The number of benzene rings is 2. The van der Waals surface area contributed by atoms with Gasteiger partial charge in [0.25, 0.3) is 0 Å². The van der Waals surface area contributed by atoms with Crippen LogP contribution >= 0.6 is 23.2 Å². The Morgan fingerprint density at radius 3 is 2.68 bits per heavy atom. The van der Waals surface area contributed by atoms with Crippen LogP contribution in [0.2, 0.25) is 10.0 Å². The third kappa shape index (κ3) is 4.02. The molecule has 2 aliphatic heterocycles. The number of nitrogens with zero attached hydrogens (tertiary/aromatic N) is 2. The molecule has 2 saturated heterocycles. The average molecular weight is 505 g/mol. The maximum Gasteiger partial charge on any atom is 0.166 e. The number of hydrogen-bond acceptors (Lipinski definition) is 7. The lowest BCUT2D eigenvalue weighted by Gasteiger charge is -2.49. The van der Waals surface area contributed by atoms with Crippen molar-refractivity contribution in [2.24, 2.45) is 11.8 Å². The van der Waals surface area contributed by atoms with Crippen LogP contribution in [0.1, 0.15) is 12.8 Å². The second kappa shape index (κ2) is 9.00. The van der Waals surface area contributed by atoms with E-state index in [0.717, 1.165) is 19.5 Å². The zero-order valence-corrected chi connectivity index (χ0v) is 19.7. The van der Waals surface area contributed by atoms with E-state index >= 15 is 0 Å². The Labute approximate surface area is 205 Å². The lowest BCUT2D eigenvalue weighted by molar-refractivity contribution is -0.0463. The summed E-state index contributed by atoms with van der Waals surface area (Å²) in [6.45, 7) is 3.13. The maximum atomic E-state index is 14.7. The number of hydrogen-bond donors (Lipinski definition) is 2. The normalized spacial score (nSPS) is 25.7. The Bertz CT molecular complexity index is 1230. The summed E-state index contributed by atoms with van der Waals surface area (Å²) in [7, 11) is 0. The molecule has 0 amide bonds. The van der Waals surface area contributed by atoms with Gasteiger partial charge in [-0.05, 0) is 24.6 Å². The van der Waals surface area contributed by atoms with Crippen LogP contribution in [0, 0.1) is 17.7 Å². The summed E-state index contributed by atoms with van der Waals surface area (Å²) in [5.74, 6) is 2.01. The van der Waals surface area contributed by atoms with Crippen LogP contribution in [0.15, 0.2) is 30.6 Å².